The van der Waals surface area contributed by atoms with Gasteiger partial charge in [-0.2, -0.15) is 11.8 Å². The number of carbonyl (C=O) groups excluding carboxylic acids is 1. The molecule has 0 aliphatic carbocycles. The van der Waals surface area contributed by atoms with Gasteiger partial charge in [-0.25, -0.2) is 0 Å². The molecule has 21 heavy (non-hydrogen) atoms. The lowest BCUT2D eigenvalue weighted by molar-refractivity contribution is -0.127. The van der Waals surface area contributed by atoms with Gasteiger partial charge in [0.25, 0.3) is 0 Å². The molecule has 1 aliphatic rings. The summed E-state index contributed by atoms with van der Waals surface area (Å²) in [6.07, 6.45) is 0. The third-order valence-corrected chi connectivity index (χ3v) is 5.75. The van der Waals surface area contributed by atoms with E-state index in [1.54, 1.807) is 18.9 Å². The summed E-state index contributed by atoms with van der Waals surface area (Å²) in [6, 6.07) is 8.03. The summed E-state index contributed by atoms with van der Waals surface area (Å²) < 4.78 is 5.43. The highest BCUT2D eigenvalue weighted by Gasteiger charge is 2.32. The molecule has 0 bridgehead atoms. The molecule has 1 unspecified atom stereocenters. The molecule has 1 heterocycles. The summed E-state index contributed by atoms with van der Waals surface area (Å²) in [7, 11) is 1.67. The molecule has 1 aromatic rings. The number of rotatable bonds is 5. The minimum atomic E-state index is 0.143. The van der Waals surface area contributed by atoms with Crippen LogP contribution in [-0.2, 0) is 4.79 Å². The van der Waals surface area contributed by atoms with Gasteiger partial charge in [0.05, 0.1) is 12.9 Å². The van der Waals surface area contributed by atoms with Crippen molar-refractivity contribution in [3.63, 3.8) is 0 Å². The molecule has 0 N–H and O–H groups in total. The van der Waals surface area contributed by atoms with Crippen LogP contribution in [0.25, 0.3) is 0 Å². The van der Waals surface area contributed by atoms with E-state index in [9.17, 15) is 4.79 Å². The molecule has 0 spiro atoms. The first-order valence-electron chi connectivity index (χ1n) is 7.10. The molecule has 3 nitrogen and oxygen atoms in total. The van der Waals surface area contributed by atoms with Crippen LogP contribution in [0.4, 0.5) is 0 Å². The summed E-state index contributed by atoms with van der Waals surface area (Å²) in [5.41, 5.74) is 1.17. The number of methoxy groups -OCH3 is 1. The molecule has 1 saturated heterocycles. The summed E-state index contributed by atoms with van der Waals surface area (Å²) in [6.45, 7) is 7.43. The lowest BCUT2D eigenvalue weighted by atomic mass is 10.2. The van der Waals surface area contributed by atoms with E-state index in [1.165, 1.54) is 5.56 Å². The zero-order valence-corrected chi connectivity index (χ0v) is 14.7. The molecular weight excluding hydrogens is 302 g/mol. The Morgan fingerprint density at radius 1 is 1.33 bits per heavy atom. The SMILES string of the molecule is COc1ccc(C2SCC(=O)N2CCSC(C)(C)C)cc1. The van der Waals surface area contributed by atoms with E-state index in [0.29, 0.717) is 5.75 Å². The van der Waals surface area contributed by atoms with Crippen LogP contribution in [0, 0.1) is 0 Å². The predicted molar refractivity (Wildman–Crippen MR) is 92.1 cm³/mol. The van der Waals surface area contributed by atoms with E-state index >= 15 is 0 Å². The van der Waals surface area contributed by atoms with E-state index in [0.717, 1.165) is 18.0 Å². The Morgan fingerprint density at radius 3 is 2.57 bits per heavy atom. The average molecular weight is 325 g/mol. The second-order valence-electron chi connectivity index (χ2n) is 5.98. The molecule has 5 heteroatoms. The first-order chi connectivity index (χ1) is 9.90. The van der Waals surface area contributed by atoms with Gasteiger partial charge in [-0.15, -0.1) is 11.8 Å². The van der Waals surface area contributed by atoms with Gasteiger partial charge in [0.2, 0.25) is 5.91 Å². The molecule has 0 aromatic heterocycles. The Hall–Kier alpha value is -0.810. The van der Waals surface area contributed by atoms with Gasteiger partial charge in [-0.1, -0.05) is 32.9 Å². The van der Waals surface area contributed by atoms with Crippen molar-refractivity contribution in [2.75, 3.05) is 25.2 Å². The minimum absolute atomic E-state index is 0.143. The number of ether oxygens (including phenoxy) is 1. The molecule has 0 saturated carbocycles. The van der Waals surface area contributed by atoms with Crippen molar-refractivity contribution in [1.82, 2.24) is 4.90 Å². The summed E-state index contributed by atoms with van der Waals surface area (Å²) in [5, 5.41) is 0.143. The van der Waals surface area contributed by atoms with Crippen molar-refractivity contribution < 1.29 is 9.53 Å². The second-order valence-corrected chi connectivity index (χ2v) is 8.97. The number of carbonyl (C=O) groups is 1. The molecule has 1 atom stereocenters. The highest BCUT2D eigenvalue weighted by Crippen LogP contribution is 2.39. The van der Waals surface area contributed by atoms with Crippen LogP contribution in [0.2, 0.25) is 0 Å². The Balaban J connectivity index is 2.01. The van der Waals surface area contributed by atoms with E-state index in [1.807, 2.05) is 28.8 Å². The Labute approximate surface area is 135 Å². The van der Waals surface area contributed by atoms with E-state index in [4.69, 9.17) is 4.74 Å². The Morgan fingerprint density at radius 2 is 2.00 bits per heavy atom. The molecule has 116 valence electrons. The van der Waals surface area contributed by atoms with E-state index in [-0.39, 0.29) is 16.0 Å². The Kier molecular flexibility index (Phi) is 5.49. The van der Waals surface area contributed by atoms with Crippen molar-refractivity contribution in [2.45, 2.75) is 30.9 Å². The quantitative estimate of drug-likeness (QED) is 0.823. The lowest BCUT2D eigenvalue weighted by Gasteiger charge is -2.26. The van der Waals surface area contributed by atoms with Crippen LogP contribution in [0.3, 0.4) is 0 Å². The molecule has 0 radical (unpaired) electrons. The van der Waals surface area contributed by atoms with Gasteiger partial charge < -0.3 is 9.64 Å². The van der Waals surface area contributed by atoms with Crippen molar-refractivity contribution in [3.8, 4) is 5.75 Å². The largest absolute Gasteiger partial charge is 0.497 e. The molecule has 1 amide bonds. The van der Waals surface area contributed by atoms with Crippen LogP contribution in [-0.4, -0.2) is 40.7 Å². The van der Waals surface area contributed by atoms with Gasteiger partial charge in [0, 0.05) is 17.0 Å². The van der Waals surface area contributed by atoms with Crippen molar-refractivity contribution >= 4 is 29.4 Å². The fourth-order valence-electron chi connectivity index (χ4n) is 2.19. The number of nitrogens with zero attached hydrogens (tertiary/aromatic N) is 1. The third kappa shape index (κ3) is 4.58. The van der Waals surface area contributed by atoms with Gasteiger partial charge >= 0.3 is 0 Å². The van der Waals surface area contributed by atoms with Crippen molar-refractivity contribution in [2.24, 2.45) is 0 Å². The zero-order valence-electron chi connectivity index (χ0n) is 13.1. The smallest absolute Gasteiger partial charge is 0.233 e. The fraction of sp³-hybridized carbons (Fsp3) is 0.562. The summed E-state index contributed by atoms with van der Waals surface area (Å²) in [5.74, 6) is 2.65. The van der Waals surface area contributed by atoms with Crippen LogP contribution < -0.4 is 4.74 Å². The molecule has 1 aliphatic heterocycles. The number of benzene rings is 1. The number of thioether (sulfide) groups is 2. The number of amides is 1. The molecule has 1 aromatic carbocycles. The van der Waals surface area contributed by atoms with Gasteiger partial charge in [-0.3, -0.25) is 4.79 Å². The molecule has 2 rings (SSSR count). The maximum absolute atomic E-state index is 12.1. The zero-order chi connectivity index (χ0) is 15.5. The highest BCUT2D eigenvalue weighted by atomic mass is 32.2. The molecular formula is C16H23NO2S2. The van der Waals surface area contributed by atoms with Crippen molar-refractivity contribution in [1.29, 1.82) is 0 Å². The Bertz CT molecular complexity index is 482. The third-order valence-electron chi connectivity index (χ3n) is 3.24. The van der Waals surface area contributed by atoms with Crippen LogP contribution >= 0.6 is 23.5 Å². The lowest BCUT2D eigenvalue weighted by Crippen LogP contribution is -2.31. The summed E-state index contributed by atoms with van der Waals surface area (Å²) >= 11 is 3.61. The monoisotopic (exact) mass is 325 g/mol. The average Bonchev–Trinajstić information content (AvgIpc) is 2.79. The second kappa shape index (κ2) is 6.97. The van der Waals surface area contributed by atoms with Crippen LogP contribution in [0.5, 0.6) is 5.75 Å². The van der Waals surface area contributed by atoms with Crippen molar-refractivity contribution in [3.05, 3.63) is 29.8 Å². The topological polar surface area (TPSA) is 29.5 Å². The minimum Gasteiger partial charge on any atom is -0.497 e. The van der Waals surface area contributed by atoms with Crippen LogP contribution in [0.15, 0.2) is 24.3 Å². The van der Waals surface area contributed by atoms with Gasteiger partial charge in [0.1, 0.15) is 11.1 Å². The van der Waals surface area contributed by atoms with Crippen LogP contribution in [0.1, 0.15) is 31.7 Å². The maximum atomic E-state index is 12.1. The number of hydrogen-bond acceptors (Lipinski definition) is 4. The van der Waals surface area contributed by atoms with Gasteiger partial charge in [0.15, 0.2) is 0 Å². The maximum Gasteiger partial charge on any atom is 0.233 e. The fourth-order valence-corrected chi connectivity index (χ4v) is 4.31. The standard InChI is InChI=1S/C16H23NO2S2/c1-16(2,3)21-10-9-17-14(18)11-20-15(17)12-5-7-13(19-4)8-6-12/h5-8,15H,9-11H2,1-4H3. The first-order valence-corrected chi connectivity index (χ1v) is 9.13. The summed E-state index contributed by atoms with van der Waals surface area (Å²) in [4.78, 5) is 14.1. The first kappa shape index (κ1) is 16.6. The molecule has 1 fully saturated rings. The van der Waals surface area contributed by atoms with E-state index < -0.39 is 0 Å². The number of hydrogen-bond donors (Lipinski definition) is 0. The van der Waals surface area contributed by atoms with E-state index in [2.05, 4.69) is 32.9 Å². The predicted octanol–water partition coefficient (Wildman–Crippen LogP) is 3.80. The highest BCUT2D eigenvalue weighted by molar-refractivity contribution is 8.01. The van der Waals surface area contributed by atoms with Gasteiger partial charge in [-0.05, 0) is 17.7 Å². The normalized spacial score (nSPS) is 19.1.